The van der Waals surface area contributed by atoms with Crippen LogP contribution in [0.5, 0.6) is 0 Å². The van der Waals surface area contributed by atoms with Crippen LogP contribution < -0.4 is 5.32 Å². The van der Waals surface area contributed by atoms with E-state index in [2.05, 4.69) is 5.32 Å². The molecule has 0 aromatic rings. The van der Waals surface area contributed by atoms with Crippen molar-refractivity contribution in [3.8, 4) is 0 Å². The Kier molecular flexibility index (Phi) is 4.37. The predicted octanol–water partition coefficient (Wildman–Crippen LogP) is 1.68. The van der Waals surface area contributed by atoms with Crippen molar-refractivity contribution in [3.63, 3.8) is 0 Å². The molecule has 0 aromatic carbocycles. The highest BCUT2D eigenvalue weighted by molar-refractivity contribution is 5.85. The summed E-state index contributed by atoms with van der Waals surface area (Å²) in [6.07, 6.45) is 3.56. The number of amides is 2. The van der Waals surface area contributed by atoms with E-state index in [1.807, 2.05) is 0 Å². The predicted molar refractivity (Wildman–Crippen MR) is 64.8 cm³/mol. The molecule has 1 rings (SSSR count). The first-order chi connectivity index (χ1) is 7.89. The maximum Gasteiger partial charge on any atom is 0.329 e. The molecule has 0 atom stereocenters. The number of carbonyl (C=O) groups is 2. The standard InChI is InChI=1S/C12H22N2O3/c1-4-14(12(2,3)10(15)16)11(17)13-8-9-6-5-7-9/h9H,4-8H2,1-3H3,(H,13,17)(H,15,16). The molecule has 1 saturated carbocycles. The number of nitrogens with zero attached hydrogens (tertiary/aromatic N) is 1. The number of hydrogen-bond acceptors (Lipinski definition) is 2. The fourth-order valence-electron chi connectivity index (χ4n) is 1.93. The van der Waals surface area contributed by atoms with Gasteiger partial charge < -0.3 is 15.3 Å². The molecule has 0 radical (unpaired) electrons. The second-order valence-electron chi connectivity index (χ2n) is 5.09. The Labute approximate surface area is 102 Å². The van der Waals surface area contributed by atoms with Crippen LogP contribution in [-0.4, -0.2) is 40.6 Å². The molecular formula is C12H22N2O3. The van der Waals surface area contributed by atoms with Gasteiger partial charge in [-0.25, -0.2) is 9.59 Å². The van der Waals surface area contributed by atoms with E-state index in [0.717, 1.165) is 12.8 Å². The van der Waals surface area contributed by atoms with Gasteiger partial charge in [-0.05, 0) is 39.5 Å². The zero-order valence-corrected chi connectivity index (χ0v) is 10.8. The van der Waals surface area contributed by atoms with Crippen molar-refractivity contribution in [2.24, 2.45) is 5.92 Å². The summed E-state index contributed by atoms with van der Waals surface area (Å²) in [4.78, 5) is 24.4. The van der Waals surface area contributed by atoms with Crippen LogP contribution in [-0.2, 0) is 4.79 Å². The lowest BCUT2D eigenvalue weighted by atomic mass is 9.85. The molecule has 0 bridgehead atoms. The molecule has 17 heavy (non-hydrogen) atoms. The van der Waals surface area contributed by atoms with Gasteiger partial charge in [-0.1, -0.05) is 6.42 Å². The number of hydrogen-bond donors (Lipinski definition) is 2. The van der Waals surface area contributed by atoms with Crippen LogP contribution in [0.1, 0.15) is 40.0 Å². The van der Waals surface area contributed by atoms with Crippen LogP contribution in [0.25, 0.3) is 0 Å². The van der Waals surface area contributed by atoms with Crippen LogP contribution in [0.15, 0.2) is 0 Å². The topological polar surface area (TPSA) is 69.6 Å². The van der Waals surface area contributed by atoms with Crippen LogP contribution in [0.3, 0.4) is 0 Å². The monoisotopic (exact) mass is 242 g/mol. The lowest BCUT2D eigenvalue weighted by Crippen LogP contribution is -2.56. The molecule has 0 spiro atoms. The highest BCUT2D eigenvalue weighted by Gasteiger charge is 2.37. The van der Waals surface area contributed by atoms with Crippen molar-refractivity contribution in [1.82, 2.24) is 10.2 Å². The number of nitrogens with one attached hydrogen (secondary N) is 1. The lowest BCUT2D eigenvalue weighted by molar-refractivity contribution is -0.147. The van der Waals surface area contributed by atoms with Crippen molar-refractivity contribution in [2.45, 2.75) is 45.6 Å². The van der Waals surface area contributed by atoms with Gasteiger partial charge in [0.1, 0.15) is 5.54 Å². The first-order valence-electron chi connectivity index (χ1n) is 6.18. The molecular weight excluding hydrogens is 220 g/mol. The minimum Gasteiger partial charge on any atom is -0.480 e. The van der Waals surface area contributed by atoms with Crippen LogP contribution in [0.2, 0.25) is 0 Å². The van der Waals surface area contributed by atoms with Crippen molar-refractivity contribution >= 4 is 12.0 Å². The average molecular weight is 242 g/mol. The van der Waals surface area contributed by atoms with E-state index in [1.54, 1.807) is 20.8 Å². The SMILES string of the molecule is CCN(C(=O)NCC1CCC1)C(C)(C)C(=O)O. The molecule has 1 aliphatic rings. The molecule has 0 aromatic heterocycles. The maximum absolute atomic E-state index is 11.9. The third-order valence-electron chi connectivity index (χ3n) is 3.53. The summed E-state index contributed by atoms with van der Waals surface area (Å²) >= 11 is 0. The second-order valence-corrected chi connectivity index (χ2v) is 5.09. The molecule has 1 fully saturated rings. The molecule has 2 N–H and O–H groups in total. The minimum absolute atomic E-state index is 0.285. The van der Waals surface area contributed by atoms with E-state index in [-0.39, 0.29) is 6.03 Å². The number of urea groups is 1. The zero-order chi connectivity index (χ0) is 13.1. The van der Waals surface area contributed by atoms with E-state index in [9.17, 15) is 9.59 Å². The van der Waals surface area contributed by atoms with Gasteiger partial charge in [-0.3, -0.25) is 0 Å². The summed E-state index contributed by atoms with van der Waals surface area (Å²) in [5.74, 6) is -0.413. The van der Waals surface area contributed by atoms with E-state index in [0.29, 0.717) is 19.0 Å². The molecule has 5 nitrogen and oxygen atoms in total. The van der Waals surface area contributed by atoms with E-state index in [1.165, 1.54) is 11.3 Å². The molecule has 0 heterocycles. The first-order valence-corrected chi connectivity index (χ1v) is 6.18. The van der Waals surface area contributed by atoms with Crippen molar-refractivity contribution in [3.05, 3.63) is 0 Å². The van der Waals surface area contributed by atoms with E-state index in [4.69, 9.17) is 5.11 Å². The lowest BCUT2D eigenvalue weighted by Gasteiger charge is -2.35. The highest BCUT2D eigenvalue weighted by Crippen LogP contribution is 2.25. The van der Waals surface area contributed by atoms with Crippen molar-refractivity contribution in [2.75, 3.05) is 13.1 Å². The molecule has 2 amide bonds. The second kappa shape index (κ2) is 5.38. The van der Waals surface area contributed by atoms with Gasteiger partial charge in [-0.15, -0.1) is 0 Å². The molecule has 0 aliphatic heterocycles. The fourth-order valence-corrected chi connectivity index (χ4v) is 1.93. The smallest absolute Gasteiger partial charge is 0.329 e. The Balaban J connectivity index is 2.53. The summed E-state index contributed by atoms with van der Waals surface area (Å²) in [6, 6.07) is -0.285. The molecule has 98 valence electrons. The summed E-state index contributed by atoms with van der Waals surface area (Å²) in [5.41, 5.74) is -1.17. The average Bonchev–Trinajstić information content (AvgIpc) is 2.15. The van der Waals surface area contributed by atoms with Crippen molar-refractivity contribution in [1.29, 1.82) is 0 Å². The summed E-state index contributed by atoms with van der Waals surface area (Å²) in [7, 11) is 0. The van der Waals surface area contributed by atoms with Crippen molar-refractivity contribution < 1.29 is 14.7 Å². The number of carboxylic acid groups (broad SMARTS) is 1. The quantitative estimate of drug-likeness (QED) is 0.770. The highest BCUT2D eigenvalue weighted by atomic mass is 16.4. The molecule has 1 aliphatic carbocycles. The fraction of sp³-hybridized carbons (Fsp3) is 0.833. The Bertz CT molecular complexity index is 298. The van der Waals surface area contributed by atoms with Gasteiger partial charge in [0, 0.05) is 13.1 Å². The number of aliphatic carboxylic acids is 1. The Morgan fingerprint density at radius 1 is 1.41 bits per heavy atom. The Morgan fingerprint density at radius 2 is 2.00 bits per heavy atom. The van der Waals surface area contributed by atoms with Gasteiger partial charge in [0.25, 0.3) is 0 Å². The first kappa shape index (κ1) is 13.8. The maximum atomic E-state index is 11.9. The molecule has 0 saturated heterocycles. The van der Waals surface area contributed by atoms with Crippen LogP contribution >= 0.6 is 0 Å². The van der Waals surface area contributed by atoms with Crippen LogP contribution in [0, 0.1) is 5.92 Å². The third kappa shape index (κ3) is 3.11. The van der Waals surface area contributed by atoms with Crippen LogP contribution in [0.4, 0.5) is 4.79 Å². The van der Waals surface area contributed by atoms with E-state index < -0.39 is 11.5 Å². The number of carbonyl (C=O) groups excluding carboxylic acids is 1. The van der Waals surface area contributed by atoms with Gasteiger partial charge in [0.15, 0.2) is 0 Å². The number of carboxylic acids is 1. The van der Waals surface area contributed by atoms with Gasteiger partial charge in [0.05, 0.1) is 0 Å². The summed E-state index contributed by atoms with van der Waals surface area (Å²) in [5, 5.41) is 11.9. The normalized spacial score (nSPS) is 16.2. The summed E-state index contributed by atoms with van der Waals surface area (Å²) < 4.78 is 0. The largest absolute Gasteiger partial charge is 0.480 e. The van der Waals surface area contributed by atoms with Gasteiger partial charge in [-0.2, -0.15) is 0 Å². The number of likely N-dealkylation sites (N-methyl/N-ethyl adjacent to an activating group) is 1. The minimum atomic E-state index is -1.17. The number of rotatable bonds is 5. The van der Waals surface area contributed by atoms with E-state index >= 15 is 0 Å². The molecule has 0 unspecified atom stereocenters. The molecule has 5 heteroatoms. The van der Waals surface area contributed by atoms with Gasteiger partial charge in [0.2, 0.25) is 0 Å². The third-order valence-corrected chi connectivity index (χ3v) is 3.53. The summed E-state index contributed by atoms with van der Waals surface area (Å²) in [6.45, 7) is 5.91. The Morgan fingerprint density at radius 3 is 2.35 bits per heavy atom. The Hall–Kier alpha value is -1.26. The zero-order valence-electron chi connectivity index (χ0n) is 10.8. The van der Waals surface area contributed by atoms with Gasteiger partial charge >= 0.3 is 12.0 Å².